The predicted molar refractivity (Wildman–Crippen MR) is 183 cm³/mol. The van der Waals surface area contributed by atoms with E-state index in [1.807, 2.05) is 48.5 Å². The van der Waals surface area contributed by atoms with Crippen LogP contribution in [0.15, 0.2) is 181 Å². The summed E-state index contributed by atoms with van der Waals surface area (Å²) in [6, 6.07) is 55.9. The van der Waals surface area contributed by atoms with Crippen molar-refractivity contribution in [2.24, 2.45) is 0 Å². The first-order chi connectivity index (χ1) is 22.6. The predicted octanol–water partition coefficient (Wildman–Crippen LogP) is 9.15. The highest BCUT2D eigenvalue weighted by Gasteiger charge is 2.38. The fraction of sp³-hybridized carbons (Fsp3) is 0.0476. The van der Waals surface area contributed by atoms with E-state index in [0.717, 1.165) is 33.4 Å². The summed E-state index contributed by atoms with van der Waals surface area (Å²) >= 11 is 0. The topological polar surface area (TPSA) is 34.9 Å². The van der Waals surface area contributed by atoms with E-state index in [-0.39, 0.29) is 11.4 Å². The maximum atomic E-state index is 14.0. The molecule has 0 saturated heterocycles. The summed E-state index contributed by atoms with van der Waals surface area (Å²) in [5.41, 5.74) is 7.36. The summed E-state index contributed by atoms with van der Waals surface area (Å²) in [6.45, 7) is 0.334. The molecule has 46 heavy (non-hydrogen) atoms. The molecule has 0 unspecified atom stereocenters. The van der Waals surface area contributed by atoms with Crippen molar-refractivity contribution in [2.75, 3.05) is 0 Å². The van der Waals surface area contributed by atoms with E-state index < -0.39 is 5.41 Å². The zero-order chi connectivity index (χ0) is 31.3. The molecule has 0 N–H and O–H groups in total. The first-order valence-electron chi connectivity index (χ1n) is 15.3. The van der Waals surface area contributed by atoms with Crippen LogP contribution in [-0.2, 0) is 12.0 Å². The van der Waals surface area contributed by atoms with Gasteiger partial charge in [-0.25, -0.2) is 9.07 Å². The molecule has 1 aromatic heterocycles. The van der Waals surface area contributed by atoms with E-state index >= 15 is 0 Å². The van der Waals surface area contributed by atoms with Crippen LogP contribution in [0.4, 0.5) is 4.39 Å². The lowest BCUT2D eigenvalue weighted by Crippen LogP contribution is -2.31. The van der Waals surface area contributed by atoms with Gasteiger partial charge in [0.25, 0.3) is 5.56 Å². The fourth-order valence-electron chi connectivity index (χ4n) is 6.44. The Labute approximate surface area is 267 Å². The molecular weight excluding hydrogens is 567 g/mol. The van der Waals surface area contributed by atoms with Crippen LogP contribution in [0.1, 0.15) is 27.8 Å². The summed E-state index contributed by atoms with van der Waals surface area (Å²) in [7, 11) is 0. The summed E-state index contributed by atoms with van der Waals surface area (Å²) in [6.07, 6.45) is 1.75. The number of hydrogen-bond acceptors (Lipinski definition) is 2. The molecule has 222 valence electrons. The second kappa shape index (κ2) is 12.6. The maximum Gasteiger partial charge on any atom is 0.275 e. The first-order valence-corrected chi connectivity index (χ1v) is 15.3. The third-order valence-electron chi connectivity index (χ3n) is 8.60. The Kier molecular flexibility index (Phi) is 7.92. The minimum absolute atomic E-state index is 0.232. The third kappa shape index (κ3) is 5.35. The van der Waals surface area contributed by atoms with Crippen LogP contribution < -0.4 is 5.56 Å². The number of benzene rings is 6. The second-order valence-electron chi connectivity index (χ2n) is 11.3. The average molecular weight is 599 g/mol. The smallest absolute Gasteiger partial charge is 0.267 e. The molecule has 0 aliphatic heterocycles. The molecule has 0 amide bonds. The monoisotopic (exact) mass is 598 g/mol. The van der Waals surface area contributed by atoms with Crippen LogP contribution in [0.25, 0.3) is 22.3 Å². The first kappa shape index (κ1) is 28.9. The van der Waals surface area contributed by atoms with Crippen LogP contribution in [0.3, 0.4) is 0 Å². The Bertz CT molecular complexity index is 2010. The van der Waals surface area contributed by atoms with E-state index in [1.54, 1.807) is 18.3 Å². The molecule has 0 aliphatic carbocycles. The van der Waals surface area contributed by atoms with Crippen molar-refractivity contribution in [1.82, 2.24) is 9.78 Å². The molecular formula is C42H31FN2O. The zero-order valence-corrected chi connectivity index (χ0v) is 25.1. The Hall–Kier alpha value is -5.87. The molecule has 0 aliphatic rings. The number of rotatable bonds is 8. The molecule has 7 rings (SSSR count). The van der Waals surface area contributed by atoms with E-state index in [2.05, 4.69) is 102 Å². The van der Waals surface area contributed by atoms with Crippen molar-refractivity contribution < 1.29 is 4.39 Å². The Morgan fingerprint density at radius 1 is 0.522 bits per heavy atom. The summed E-state index contributed by atoms with van der Waals surface area (Å²) in [5.74, 6) is -0.354. The quantitative estimate of drug-likeness (QED) is 0.164. The second-order valence-corrected chi connectivity index (χ2v) is 11.3. The van der Waals surface area contributed by atoms with Gasteiger partial charge >= 0.3 is 0 Å². The largest absolute Gasteiger partial charge is 0.275 e. The highest BCUT2D eigenvalue weighted by Crippen LogP contribution is 2.45. The highest BCUT2D eigenvalue weighted by molar-refractivity contribution is 5.82. The Morgan fingerprint density at radius 2 is 0.957 bits per heavy atom. The van der Waals surface area contributed by atoms with Crippen molar-refractivity contribution in [3.8, 4) is 22.3 Å². The summed E-state index contributed by atoms with van der Waals surface area (Å²) < 4.78 is 15.4. The minimum atomic E-state index is -0.584. The average Bonchev–Trinajstić information content (AvgIpc) is 3.12. The van der Waals surface area contributed by atoms with Crippen molar-refractivity contribution >= 4 is 0 Å². The van der Waals surface area contributed by atoms with Gasteiger partial charge in [-0.1, -0.05) is 158 Å². The molecule has 0 fully saturated rings. The van der Waals surface area contributed by atoms with Gasteiger partial charge in [0.15, 0.2) is 0 Å². The molecule has 0 bridgehead atoms. The maximum absolute atomic E-state index is 14.0. The van der Waals surface area contributed by atoms with Crippen LogP contribution in [0, 0.1) is 5.82 Å². The van der Waals surface area contributed by atoms with Gasteiger partial charge in [-0.3, -0.25) is 4.79 Å². The lowest BCUT2D eigenvalue weighted by atomic mass is 9.65. The Morgan fingerprint density at radius 3 is 1.46 bits per heavy atom. The Balaban J connectivity index is 1.41. The van der Waals surface area contributed by atoms with Crippen LogP contribution >= 0.6 is 0 Å². The van der Waals surface area contributed by atoms with Gasteiger partial charge in [-0.15, -0.1) is 0 Å². The standard InChI is InChI=1S/C42H31FN2O/c43-38-27-23-33(24-28-38)40-39(29-44-45(41(40)46)30-31-13-5-1-6-14-31)32-21-25-37(26-22-32)42(34-15-7-2-8-16-34,35-17-9-3-10-18-35)36-19-11-4-12-20-36/h1-29H,30H2. The van der Waals surface area contributed by atoms with Gasteiger partial charge in [0.05, 0.1) is 23.7 Å². The normalized spacial score (nSPS) is 11.3. The van der Waals surface area contributed by atoms with Crippen LogP contribution in [0.5, 0.6) is 0 Å². The van der Waals surface area contributed by atoms with Crippen molar-refractivity contribution in [3.63, 3.8) is 0 Å². The van der Waals surface area contributed by atoms with Gasteiger partial charge in [0.1, 0.15) is 5.82 Å². The van der Waals surface area contributed by atoms with E-state index in [4.69, 9.17) is 0 Å². The molecule has 0 saturated carbocycles. The number of hydrogen-bond donors (Lipinski definition) is 0. The van der Waals surface area contributed by atoms with Crippen molar-refractivity contribution in [3.05, 3.63) is 220 Å². The molecule has 7 aromatic rings. The molecule has 0 atom stereocenters. The number of aromatic nitrogens is 2. The van der Waals surface area contributed by atoms with E-state index in [1.165, 1.54) is 16.8 Å². The molecule has 6 aromatic carbocycles. The minimum Gasteiger partial charge on any atom is -0.267 e. The van der Waals surface area contributed by atoms with Gasteiger partial charge in [-0.2, -0.15) is 5.10 Å². The number of nitrogens with zero attached hydrogens (tertiary/aromatic N) is 2. The molecule has 0 radical (unpaired) electrons. The molecule has 0 spiro atoms. The van der Waals surface area contributed by atoms with Gasteiger partial charge in [-0.05, 0) is 51.1 Å². The van der Waals surface area contributed by atoms with Gasteiger partial charge in [0.2, 0.25) is 0 Å². The van der Waals surface area contributed by atoms with E-state index in [9.17, 15) is 9.18 Å². The molecule has 1 heterocycles. The zero-order valence-electron chi connectivity index (χ0n) is 25.1. The van der Waals surface area contributed by atoms with Gasteiger partial charge < -0.3 is 0 Å². The molecule has 4 heteroatoms. The highest BCUT2D eigenvalue weighted by atomic mass is 19.1. The summed E-state index contributed by atoms with van der Waals surface area (Å²) in [5, 5.41) is 4.60. The fourth-order valence-corrected chi connectivity index (χ4v) is 6.44. The van der Waals surface area contributed by atoms with Crippen molar-refractivity contribution in [1.29, 1.82) is 0 Å². The third-order valence-corrected chi connectivity index (χ3v) is 8.60. The van der Waals surface area contributed by atoms with Crippen molar-refractivity contribution in [2.45, 2.75) is 12.0 Å². The van der Waals surface area contributed by atoms with E-state index in [0.29, 0.717) is 23.2 Å². The molecule has 3 nitrogen and oxygen atoms in total. The van der Waals surface area contributed by atoms with Crippen LogP contribution in [-0.4, -0.2) is 9.78 Å². The SMILES string of the molecule is O=c1c(-c2ccc(F)cc2)c(-c2ccc(C(c3ccccc3)(c3ccccc3)c3ccccc3)cc2)cnn1Cc1ccccc1. The lowest BCUT2D eigenvalue weighted by molar-refractivity contribution is 0.627. The summed E-state index contributed by atoms with van der Waals surface area (Å²) in [4.78, 5) is 14.0. The van der Waals surface area contributed by atoms with Gasteiger partial charge in [0, 0.05) is 5.56 Å². The lowest BCUT2D eigenvalue weighted by Gasteiger charge is -2.37. The number of halogens is 1. The van der Waals surface area contributed by atoms with Crippen LogP contribution in [0.2, 0.25) is 0 Å².